The van der Waals surface area contributed by atoms with Gasteiger partial charge >= 0.3 is 0 Å². The Hall–Kier alpha value is -2.45. The van der Waals surface area contributed by atoms with Crippen molar-refractivity contribution in [1.29, 1.82) is 0 Å². The second-order valence-corrected chi connectivity index (χ2v) is 7.85. The normalized spacial score (nSPS) is 11.0. The van der Waals surface area contributed by atoms with Crippen LogP contribution in [0.15, 0.2) is 46.2 Å². The van der Waals surface area contributed by atoms with Gasteiger partial charge in [0.1, 0.15) is 5.75 Å². The molecule has 0 unspecified atom stereocenters. The average Bonchev–Trinajstić information content (AvgIpc) is 3.29. The molecule has 28 heavy (non-hydrogen) atoms. The number of aromatic nitrogens is 3. The molecule has 0 fully saturated rings. The van der Waals surface area contributed by atoms with Crippen LogP contribution in [-0.4, -0.2) is 33.5 Å². The number of nitrogens with zero attached hydrogens (tertiary/aromatic N) is 3. The lowest BCUT2D eigenvalue weighted by molar-refractivity contribution is -0.113. The zero-order chi connectivity index (χ0) is 20.1. The molecule has 1 amide bonds. The Bertz CT molecular complexity index is 941. The lowest BCUT2D eigenvalue weighted by atomic mass is 10.2. The molecule has 0 aliphatic heterocycles. The van der Waals surface area contributed by atoms with Gasteiger partial charge in [-0.1, -0.05) is 37.2 Å². The highest BCUT2D eigenvalue weighted by Crippen LogP contribution is 2.29. The molecule has 0 bridgehead atoms. The predicted molar refractivity (Wildman–Crippen MR) is 110 cm³/mol. The van der Waals surface area contributed by atoms with Gasteiger partial charge in [0.2, 0.25) is 5.91 Å². The zero-order valence-corrected chi connectivity index (χ0v) is 17.4. The summed E-state index contributed by atoms with van der Waals surface area (Å²) >= 11 is 7.32. The molecule has 7 nitrogen and oxygen atoms in total. The highest BCUT2D eigenvalue weighted by molar-refractivity contribution is 7.99. The van der Waals surface area contributed by atoms with E-state index in [1.807, 2.05) is 16.7 Å². The number of hydrogen-bond donors (Lipinski definition) is 1. The highest BCUT2D eigenvalue weighted by Gasteiger charge is 2.18. The SMILES string of the molecule is COc1ccc(Cl)cc1NC(=O)CSc1nnc(-c2ccco2)n1CC(C)C. The average molecular weight is 421 g/mol. The summed E-state index contributed by atoms with van der Waals surface area (Å²) in [5.41, 5.74) is 0.528. The largest absolute Gasteiger partial charge is 0.495 e. The third kappa shape index (κ3) is 4.88. The number of benzene rings is 1. The van der Waals surface area contributed by atoms with E-state index in [-0.39, 0.29) is 11.7 Å². The second-order valence-electron chi connectivity index (χ2n) is 6.47. The molecule has 1 N–H and O–H groups in total. The fraction of sp³-hybridized carbons (Fsp3) is 0.316. The van der Waals surface area contributed by atoms with E-state index in [4.69, 9.17) is 20.8 Å². The lowest BCUT2D eigenvalue weighted by Gasteiger charge is -2.12. The van der Waals surface area contributed by atoms with E-state index < -0.39 is 0 Å². The fourth-order valence-corrected chi connectivity index (χ4v) is 3.53. The van der Waals surface area contributed by atoms with Crippen LogP contribution in [0.3, 0.4) is 0 Å². The van der Waals surface area contributed by atoms with Gasteiger partial charge in [0.15, 0.2) is 16.7 Å². The van der Waals surface area contributed by atoms with Gasteiger partial charge < -0.3 is 14.5 Å². The maximum atomic E-state index is 12.4. The molecule has 0 radical (unpaired) electrons. The summed E-state index contributed by atoms with van der Waals surface area (Å²) in [7, 11) is 1.54. The van der Waals surface area contributed by atoms with Gasteiger partial charge in [0, 0.05) is 11.6 Å². The van der Waals surface area contributed by atoms with E-state index in [0.29, 0.717) is 39.1 Å². The molecule has 0 saturated carbocycles. The molecule has 148 valence electrons. The van der Waals surface area contributed by atoms with Gasteiger partial charge in [-0.05, 0) is 36.2 Å². The zero-order valence-electron chi connectivity index (χ0n) is 15.8. The number of methoxy groups -OCH3 is 1. The molecule has 0 aliphatic rings. The number of halogens is 1. The minimum Gasteiger partial charge on any atom is -0.495 e. The summed E-state index contributed by atoms with van der Waals surface area (Å²) in [5, 5.41) is 12.5. The summed E-state index contributed by atoms with van der Waals surface area (Å²) < 4.78 is 12.7. The van der Waals surface area contributed by atoms with E-state index in [2.05, 4.69) is 29.4 Å². The van der Waals surface area contributed by atoms with Gasteiger partial charge in [-0.3, -0.25) is 9.36 Å². The molecule has 1 aromatic carbocycles. The van der Waals surface area contributed by atoms with Crippen LogP contribution in [0, 0.1) is 5.92 Å². The number of anilines is 1. The first-order chi connectivity index (χ1) is 13.5. The van der Waals surface area contributed by atoms with E-state index >= 15 is 0 Å². The topological polar surface area (TPSA) is 82.2 Å². The molecule has 2 aromatic heterocycles. The van der Waals surface area contributed by atoms with Crippen molar-refractivity contribution in [3.8, 4) is 17.3 Å². The molecule has 0 atom stereocenters. The monoisotopic (exact) mass is 420 g/mol. The van der Waals surface area contributed by atoms with Gasteiger partial charge in [-0.15, -0.1) is 10.2 Å². The molecule has 0 aliphatic carbocycles. The molecule has 9 heteroatoms. The number of nitrogens with one attached hydrogen (secondary N) is 1. The van der Waals surface area contributed by atoms with Crippen LogP contribution in [-0.2, 0) is 11.3 Å². The lowest BCUT2D eigenvalue weighted by Crippen LogP contribution is -2.15. The van der Waals surface area contributed by atoms with E-state index in [1.165, 1.54) is 18.9 Å². The number of carbonyl (C=O) groups excluding carboxylic acids is 1. The molecular formula is C19H21ClN4O3S. The number of ether oxygens (including phenoxy) is 1. The first-order valence-electron chi connectivity index (χ1n) is 8.71. The molecule has 3 aromatic rings. The first-order valence-corrected chi connectivity index (χ1v) is 10.1. The van der Waals surface area contributed by atoms with Crippen molar-refractivity contribution in [2.75, 3.05) is 18.2 Å². The second kappa shape index (κ2) is 9.16. The van der Waals surface area contributed by atoms with Crippen molar-refractivity contribution < 1.29 is 13.9 Å². The standard InChI is InChI=1S/C19H21ClN4O3S/c1-12(2)10-24-18(16-5-4-8-27-16)22-23-19(24)28-11-17(25)21-14-9-13(20)6-7-15(14)26-3/h4-9,12H,10-11H2,1-3H3,(H,21,25). The Morgan fingerprint density at radius 3 is 2.86 bits per heavy atom. The van der Waals surface area contributed by atoms with Crippen LogP contribution >= 0.6 is 23.4 Å². The molecule has 3 rings (SSSR count). The van der Waals surface area contributed by atoms with Crippen LogP contribution < -0.4 is 10.1 Å². The van der Waals surface area contributed by atoms with Crippen molar-refractivity contribution in [2.45, 2.75) is 25.5 Å². The molecule has 0 spiro atoms. The Labute approximate surface area is 172 Å². The van der Waals surface area contributed by atoms with Crippen molar-refractivity contribution >= 4 is 35.0 Å². The smallest absolute Gasteiger partial charge is 0.234 e. The molecular weight excluding hydrogens is 400 g/mol. The Kier molecular flexibility index (Phi) is 6.64. The summed E-state index contributed by atoms with van der Waals surface area (Å²) in [6.45, 7) is 4.94. The van der Waals surface area contributed by atoms with Crippen LogP contribution in [0.2, 0.25) is 5.02 Å². The summed E-state index contributed by atoms with van der Waals surface area (Å²) in [4.78, 5) is 12.4. The van der Waals surface area contributed by atoms with Crippen molar-refractivity contribution in [2.24, 2.45) is 5.92 Å². The van der Waals surface area contributed by atoms with Crippen molar-refractivity contribution in [1.82, 2.24) is 14.8 Å². The van der Waals surface area contributed by atoms with Crippen LogP contribution in [0.5, 0.6) is 5.75 Å². The van der Waals surface area contributed by atoms with Crippen LogP contribution in [0.4, 0.5) is 5.69 Å². The maximum absolute atomic E-state index is 12.4. The van der Waals surface area contributed by atoms with E-state index in [0.717, 1.165) is 6.54 Å². The Balaban J connectivity index is 1.72. The number of furan rings is 1. The van der Waals surface area contributed by atoms with Crippen molar-refractivity contribution in [3.63, 3.8) is 0 Å². The summed E-state index contributed by atoms with van der Waals surface area (Å²) in [5.74, 6) is 2.21. The van der Waals surface area contributed by atoms with Crippen LogP contribution in [0.25, 0.3) is 11.6 Å². The minimum atomic E-state index is -0.191. The number of amides is 1. The Morgan fingerprint density at radius 1 is 1.36 bits per heavy atom. The van der Waals surface area contributed by atoms with Crippen LogP contribution in [0.1, 0.15) is 13.8 Å². The highest BCUT2D eigenvalue weighted by atomic mass is 35.5. The maximum Gasteiger partial charge on any atom is 0.234 e. The number of carbonyl (C=O) groups is 1. The summed E-state index contributed by atoms with van der Waals surface area (Å²) in [6.07, 6.45) is 1.60. The Morgan fingerprint density at radius 2 is 2.18 bits per heavy atom. The van der Waals surface area contributed by atoms with E-state index in [1.54, 1.807) is 24.5 Å². The first kappa shape index (κ1) is 20.3. The minimum absolute atomic E-state index is 0.171. The third-order valence-corrected chi connectivity index (χ3v) is 4.98. The van der Waals surface area contributed by atoms with Crippen molar-refractivity contribution in [3.05, 3.63) is 41.6 Å². The summed E-state index contributed by atoms with van der Waals surface area (Å²) in [6, 6.07) is 8.71. The number of thioether (sulfide) groups is 1. The fourth-order valence-electron chi connectivity index (χ4n) is 2.61. The van der Waals surface area contributed by atoms with E-state index in [9.17, 15) is 4.79 Å². The molecule has 2 heterocycles. The van der Waals surface area contributed by atoms with Gasteiger partial charge in [-0.2, -0.15) is 0 Å². The van der Waals surface area contributed by atoms with Gasteiger partial charge in [0.05, 0.1) is 24.8 Å². The number of hydrogen-bond acceptors (Lipinski definition) is 6. The number of rotatable bonds is 8. The van der Waals surface area contributed by atoms with Gasteiger partial charge in [-0.25, -0.2) is 0 Å². The van der Waals surface area contributed by atoms with Gasteiger partial charge in [0.25, 0.3) is 0 Å². The quantitative estimate of drug-likeness (QED) is 0.537. The predicted octanol–water partition coefficient (Wildman–Crippen LogP) is 4.59. The molecule has 0 saturated heterocycles. The third-order valence-electron chi connectivity index (χ3n) is 3.77.